The van der Waals surface area contributed by atoms with Gasteiger partial charge in [-0.05, 0) is 39.2 Å². The second-order valence-corrected chi connectivity index (χ2v) is 5.53. The minimum Gasteiger partial charge on any atom is -0.355 e. The molecule has 2 aliphatic heterocycles. The van der Waals surface area contributed by atoms with Crippen molar-refractivity contribution in [2.45, 2.75) is 57.2 Å². The molecule has 0 aromatic heterocycles. The molecule has 2 saturated heterocycles. The molecular formula is C13H26ClN3O. The van der Waals surface area contributed by atoms with E-state index in [9.17, 15) is 4.79 Å². The summed E-state index contributed by atoms with van der Waals surface area (Å²) in [6, 6.07) is 1.97. The molecule has 0 aliphatic carbocycles. The van der Waals surface area contributed by atoms with Gasteiger partial charge in [-0.2, -0.15) is 0 Å². The maximum atomic E-state index is 11.7. The van der Waals surface area contributed by atoms with Crippen LogP contribution in [0.1, 0.15) is 39.0 Å². The van der Waals surface area contributed by atoms with Gasteiger partial charge in [0.2, 0.25) is 5.91 Å². The van der Waals surface area contributed by atoms with Gasteiger partial charge in [0.25, 0.3) is 0 Å². The van der Waals surface area contributed by atoms with Crippen LogP contribution in [0.5, 0.6) is 0 Å². The average Bonchev–Trinajstić information content (AvgIpc) is 2.65. The van der Waals surface area contributed by atoms with Crippen molar-refractivity contribution in [3.05, 3.63) is 0 Å². The molecule has 2 rings (SSSR count). The zero-order chi connectivity index (χ0) is 12.3. The van der Waals surface area contributed by atoms with E-state index < -0.39 is 0 Å². The van der Waals surface area contributed by atoms with Gasteiger partial charge in [-0.15, -0.1) is 12.4 Å². The number of hydrogen-bond donors (Lipinski definition) is 2. The highest BCUT2D eigenvalue weighted by Gasteiger charge is 2.35. The van der Waals surface area contributed by atoms with Gasteiger partial charge < -0.3 is 10.6 Å². The molecule has 0 radical (unpaired) electrons. The molecule has 2 heterocycles. The Morgan fingerprint density at radius 3 is 2.50 bits per heavy atom. The fourth-order valence-corrected chi connectivity index (χ4v) is 3.06. The van der Waals surface area contributed by atoms with Gasteiger partial charge in [0, 0.05) is 24.7 Å². The Morgan fingerprint density at radius 2 is 1.94 bits per heavy atom. The highest BCUT2D eigenvalue weighted by Crippen LogP contribution is 2.28. The van der Waals surface area contributed by atoms with E-state index in [1.807, 2.05) is 0 Å². The monoisotopic (exact) mass is 275 g/mol. The summed E-state index contributed by atoms with van der Waals surface area (Å²) in [7, 11) is 2.08. The van der Waals surface area contributed by atoms with Crippen LogP contribution in [-0.2, 0) is 4.79 Å². The molecular weight excluding hydrogens is 250 g/mol. The number of fused-ring (bicyclic) bond motifs is 2. The molecule has 0 spiro atoms. The Bertz CT molecular complexity index is 263. The Hall–Kier alpha value is -0.320. The van der Waals surface area contributed by atoms with Gasteiger partial charge in [-0.25, -0.2) is 0 Å². The summed E-state index contributed by atoms with van der Waals surface area (Å²) < 4.78 is 0. The molecule has 4 nitrogen and oxygen atoms in total. The molecule has 0 aromatic carbocycles. The predicted molar refractivity (Wildman–Crippen MR) is 76.1 cm³/mol. The van der Waals surface area contributed by atoms with E-state index >= 15 is 0 Å². The van der Waals surface area contributed by atoms with Gasteiger partial charge in [-0.3, -0.25) is 9.69 Å². The van der Waals surface area contributed by atoms with Crippen LogP contribution >= 0.6 is 12.4 Å². The van der Waals surface area contributed by atoms with E-state index in [4.69, 9.17) is 0 Å². The highest BCUT2D eigenvalue weighted by atomic mass is 35.5. The van der Waals surface area contributed by atoms with Crippen molar-refractivity contribution < 1.29 is 4.79 Å². The van der Waals surface area contributed by atoms with Crippen molar-refractivity contribution in [1.82, 2.24) is 15.5 Å². The molecule has 0 saturated carbocycles. The Balaban J connectivity index is 0.00000162. The molecule has 1 amide bonds. The second kappa shape index (κ2) is 7.31. The number of halogens is 1. The lowest BCUT2D eigenvalue weighted by Crippen LogP contribution is -2.49. The SMILES string of the molecule is CCCNC(=O)CN(C)C1CC2CCC(C1)N2.Cl. The maximum absolute atomic E-state index is 11.7. The third kappa shape index (κ3) is 4.11. The molecule has 18 heavy (non-hydrogen) atoms. The first kappa shape index (κ1) is 15.7. The summed E-state index contributed by atoms with van der Waals surface area (Å²) in [5.74, 6) is 0.167. The standard InChI is InChI=1S/C13H25N3O.ClH/c1-3-6-14-13(17)9-16(2)12-7-10-4-5-11(8-12)15-10;/h10-12,15H,3-9H2,1-2H3,(H,14,17);1H. The summed E-state index contributed by atoms with van der Waals surface area (Å²) in [5, 5.41) is 6.58. The lowest BCUT2D eigenvalue weighted by Gasteiger charge is -2.35. The Labute approximate surface area is 116 Å². The molecule has 0 aromatic rings. The molecule has 2 fully saturated rings. The fraction of sp³-hybridized carbons (Fsp3) is 0.923. The predicted octanol–water partition coefficient (Wildman–Crippen LogP) is 1.15. The van der Waals surface area contributed by atoms with E-state index in [-0.39, 0.29) is 18.3 Å². The molecule has 2 bridgehead atoms. The first-order valence-electron chi connectivity index (χ1n) is 6.92. The number of piperidine rings is 1. The number of rotatable bonds is 5. The van der Waals surface area contributed by atoms with Crippen LogP contribution in [0.4, 0.5) is 0 Å². The third-order valence-electron chi connectivity index (χ3n) is 4.04. The first-order chi connectivity index (χ1) is 8.19. The third-order valence-corrected chi connectivity index (χ3v) is 4.04. The summed E-state index contributed by atoms with van der Waals surface area (Å²) in [6.45, 7) is 3.42. The van der Waals surface area contributed by atoms with E-state index in [1.54, 1.807) is 0 Å². The van der Waals surface area contributed by atoms with Gasteiger partial charge >= 0.3 is 0 Å². The number of carbonyl (C=O) groups excluding carboxylic acids is 1. The van der Waals surface area contributed by atoms with Gasteiger partial charge in [0.15, 0.2) is 0 Å². The minimum atomic E-state index is 0. The van der Waals surface area contributed by atoms with Crippen LogP contribution in [-0.4, -0.2) is 49.1 Å². The van der Waals surface area contributed by atoms with Crippen molar-refractivity contribution in [2.24, 2.45) is 0 Å². The van der Waals surface area contributed by atoms with Crippen LogP contribution in [0.3, 0.4) is 0 Å². The Kier molecular flexibility index (Phi) is 6.39. The van der Waals surface area contributed by atoms with Crippen LogP contribution in [0.2, 0.25) is 0 Å². The molecule has 2 unspecified atom stereocenters. The minimum absolute atomic E-state index is 0. The molecule has 106 valence electrons. The van der Waals surface area contributed by atoms with Crippen LogP contribution in [0.25, 0.3) is 0 Å². The summed E-state index contributed by atoms with van der Waals surface area (Å²) in [4.78, 5) is 13.9. The van der Waals surface area contributed by atoms with E-state index in [2.05, 4.69) is 29.5 Å². The first-order valence-corrected chi connectivity index (χ1v) is 6.92. The highest BCUT2D eigenvalue weighted by molar-refractivity contribution is 5.85. The summed E-state index contributed by atoms with van der Waals surface area (Å²) >= 11 is 0. The van der Waals surface area contributed by atoms with Crippen molar-refractivity contribution in [3.8, 4) is 0 Å². The number of amides is 1. The molecule has 5 heteroatoms. The zero-order valence-corrected chi connectivity index (χ0v) is 12.3. The maximum Gasteiger partial charge on any atom is 0.234 e. The number of likely N-dealkylation sites (N-methyl/N-ethyl adjacent to an activating group) is 1. The second-order valence-electron chi connectivity index (χ2n) is 5.53. The van der Waals surface area contributed by atoms with E-state index in [1.165, 1.54) is 25.7 Å². The van der Waals surface area contributed by atoms with Gasteiger partial charge in [-0.1, -0.05) is 6.92 Å². The number of carbonyl (C=O) groups is 1. The number of nitrogens with zero attached hydrogens (tertiary/aromatic N) is 1. The van der Waals surface area contributed by atoms with Crippen molar-refractivity contribution in [2.75, 3.05) is 20.1 Å². The van der Waals surface area contributed by atoms with Crippen molar-refractivity contribution in [3.63, 3.8) is 0 Å². The molecule has 2 atom stereocenters. The van der Waals surface area contributed by atoms with Crippen LogP contribution in [0.15, 0.2) is 0 Å². The number of hydrogen-bond acceptors (Lipinski definition) is 3. The smallest absolute Gasteiger partial charge is 0.234 e. The van der Waals surface area contributed by atoms with E-state index in [0.717, 1.165) is 13.0 Å². The van der Waals surface area contributed by atoms with Gasteiger partial charge in [0.05, 0.1) is 6.54 Å². The molecule has 2 aliphatic rings. The van der Waals surface area contributed by atoms with Crippen LogP contribution < -0.4 is 10.6 Å². The van der Waals surface area contributed by atoms with Crippen LogP contribution in [0, 0.1) is 0 Å². The lowest BCUT2D eigenvalue weighted by molar-refractivity contribution is -0.122. The van der Waals surface area contributed by atoms with Gasteiger partial charge in [0.1, 0.15) is 0 Å². The fourth-order valence-electron chi connectivity index (χ4n) is 3.06. The lowest BCUT2D eigenvalue weighted by atomic mass is 9.98. The summed E-state index contributed by atoms with van der Waals surface area (Å²) in [5.41, 5.74) is 0. The quantitative estimate of drug-likeness (QED) is 0.791. The zero-order valence-electron chi connectivity index (χ0n) is 11.4. The average molecular weight is 276 g/mol. The largest absolute Gasteiger partial charge is 0.355 e. The molecule has 2 N–H and O–H groups in total. The topological polar surface area (TPSA) is 44.4 Å². The van der Waals surface area contributed by atoms with E-state index in [0.29, 0.717) is 24.7 Å². The van der Waals surface area contributed by atoms with Crippen molar-refractivity contribution >= 4 is 18.3 Å². The summed E-state index contributed by atoms with van der Waals surface area (Å²) in [6.07, 6.45) is 6.04. The number of nitrogens with one attached hydrogen (secondary N) is 2. The normalized spacial score (nSPS) is 30.1. The van der Waals surface area contributed by atoms with Crippen molar-refractivity contribution in [1.29, 1.82) is 0 Å². The Morgan fingerprint density at radius 1 is 1.33 bits per heavy atom.